The molecule has 1 heterocycles. The van der Waals surface area contributed by atoms with Crippen LogP contribution < -0.4 is 15.5 Å². The van der Waals surface area contributed by atoms with Crippen molar-refractivity contribution in [2.45, 2.75) is 58.0 Å². The van der Waals surface area contributed by atoms with E-state index in [1.54, 1.807) is 0 Å². The van der Waals surface area contributed by atoms with Gasteiger partial charge in [-0.05, 0) is 43.2 Å². The van der Waals surface area contributed by atoms with Crippen molar-refractivity contribution in [3.8, 4) is 0 Å². The van der Waals surface area contributed by atoms with Crippen molar-refractivity contribution in [2.75, 3.05) is 18.0 Å². The van der Waals surface area contributed by atoms with E-state index in [0.29, 0.717) is 6.54 Å². The Kier molecular flexibility index (Phi) is 5.95. The van der Waals surface area contributed by atoms with Crippen LogP contribution in [0, 0.1) is 5.92 Å². The summed E-state index contributed by atoms with van der Waals surface area (Å²) in [4.78, 5) is 26.6. The maximum atomic E-state index is 12.7. The van der Waals surface area contributed by atoms with Gasteiger partial charge in [0.2, 0.25) is 11.8 Å². The van der Waals surface area contributed by atoms with Crippen LogP contribution in [0.4, 0.5) is 5.69 Å². The summed E-state index contributed by atoms with van der Waals surface area (Å²) >= 11 is 0. The van der Waals surface area contributed by atoms with Crippen molar-refractivity contribution >= 4 is 17.5 Å². The number of carbonyl (C=O) groups excluding carboxylic acids is 2. The number of amides is 2. The zero-order chi connectivity index (χ0) is 17.6. The summed E-state index contributed by atoms with van der Waals surface area (Å²) in [6.07, 6.45) is 6.78. The first-order chi connectivity index (χ1) is 12.1. The number of rotatable bonds is 6. The van der Waals surface area contributed by atoms with E-state index in [9.17, 15) is 9.59 Å². The Morgan fingerprint density at radius 3 is 2.48 bits per heavy atom. The Labute approximate surface area is 150 Å². The van der Waals surface area contributed by atoms with Crippen LogP contribution >= 0.6 is 0 Å². The number of hydrogen-bond acceptors (Lipinski definition) is 3. The highest BCUT2D eigenvalue weighted by molar-refractivity contribution is 5.87. The van der Waals surface area contributed by atoms with Crippen molar-refractivity contribution in [3.05, 3.63) is 29.8 Å². The average Bonchev–Trinajstić information content (AvgIpc) is 3.31. The van der Waals surface area contributed by atoms with Crippen LogP contribution in [0.15, 0.2) is 24.3 Å². The van der Waals surface area contributed by atoms with Crippen molar-refractivity contribution in [3.63, 3.8) is 0 Å². The largest absolute Gasteiger partial charge is 0.371 e. The molecule has 2 amide bonds. The first-order valence-electron chi connectivity index (χ1n) is 9.53. The van der Waals surface area contributed by atoms with Crippen molar-refractivity contribution < 1.29 is 9.59 Å². The molecule has 0 bridgehead atoms. The van der Waals surface area contributed by atoms with E-state index in [1.165, 1.54) is 25.5 Å². The highest BCUT2D eigenvalue weighted by Crippen LogP contribution is 2.28. The second kappa shape index (κ2) is 8.37. The van der Waals surface area contributed by atoms with E-state index in [-0.39, 0.29) is 17.7 Å². The normalized spacial score (nSPS) is 19.0. The minimum Gasteiger partial charge on any atom is -0.371 e. The summed E-state index contributed by atoms with van der Waals surface area (Å²) in [5.74, 6) is 0.0700. The minimum absolute atomic E-state index is 0.0571. The molecule has 1 saturated heterocycles. The molecule has 1 atom stereocenters. The Morgan fingerprint density at radius 1 is 1.12 bits per heavy atom. The molecule has 2 fully saturated rings. The predicted octanol–water partition coefficient (Wildman–Crippen LogP) is 2.60. The zero-order valence-corrected chi connectivity index (χ0v) is 15.1. The summed E-state index contributed by atoms with van der Waals surface area (Å²) in [6.45, 7) is 4.16. The molecule has 0 radical (unpaired) electrons. The predicted molar refractivity (Wildman–Crippen MR) is 99.3 cm³/mol. The lowest BCUT2D eigenvalue weighted by Crippen LogP contribution is -2.49. The summed E-state index contributed by atoms with van der Waals surface area (Å²) in [6, 6.07) is 7.88. The van der Waals surface area contributed by atoms with E-state index in [1.807, 2.05) is 6.07 Å². The van der Waals surface area contributed by atoms with Gasteiger partial charge in [0, 0.05) is 32.2 Å². The smallest absolute Gasteiger partial charge is 0.243 e. The number of para-hydroxylation sites is 1. The Bertz CT molecular complexity index is 605. The molecule has 3 rings (SSSR count). The molecule has 0 aromatic heterocycles. The third-order valence-electron chi connectivity index (χ3n) is 5.40. The second-order valence-electron chi connectivity index (χ2n) is 7.26. The number of nitrogens with zero attached hydrogens (tertiary/aromatic N) is 1. The fourth-order valence-electron chi connectivity index (χ4n) is 4.13. The maximum absolute atomic E-state index is 12.7. The van der Waals surface area contributed by atoms with Crippen LogP contribution in [-0.4, -0.2) is 30.9 Å². The molecule has 1 saturated carbocycles. The standard InChI is InChI=1S/C20H29N3O2/c1-15(24)22-19(16-8-2-3-9-16)20(25)21-14-17-10-4-5-11-18(17)23-12-6-7-13-23/h4-5,10-11,16,19H,2-3,6-9,12-14H2,1H3,(H,21,25)(H,22,24). The molecule has 2 aliphatic rings. The lowest BCUT2D eigenvalue weighted by molar-refractivity contribution is -0.129. The van der Waals surface area contributed by atoms with Gasteiger partial charge in [-0.25, -0.2) is 0 Å². The molecule has 2 N–H and O–H groups in total. The lowest BCUT2D eigenvalue weighted by atomic mass is 9.97. The molecule has 25 heavy (non-hydrogen) atoms. The highest BCUT2D eigenvalue weighted by atomic mass is 16.2. The van der Waals surface area contributed by atoms with Crippen LogP contribution in [-0.2, 0) is 16.1 Å². The third-order valence-corrected chi connectivity index (χ3v) is 5.40. The molecule has 1 aliphatic heterocycles. The third kappa shape index (κ3) is 4.53. The molecule has 1 unspecified atom stereocenters. The van der Waals surface area contributed by atoms with E-state index in [2.05, 4.69) is 33.7 Å². The Hall–Kier alpha value is -2.04. The van der Waals surface area contributed by atoms with Gasteiger partial charge >= 0.3 is 0 Å². The van der Waals surface area contributed by atoms with Crippen LogP contribution in [0.3, 0.4) is 0 Å². The highest BCUT2D eigenvalue weighted by Gasteiger charge is 2.31. The van der Waals surface area contributed by atoms with Gasteiger partial charge in [-0.3, -0.25) is 9.59 Å². The van der Waals surface area contributed by atoms with E-state index in [4.69, 9.17) is 0 Å². The monoisotopic (exact) mass is 343 g/mol. The van der Waals surface area contributed by atoms with Gasteiger partial charge in [-0.15, -0.1) is 0 Å². The average molecular weight is 343 g/mol. The minimum atomic E-state index is -0.404. The summed E-state index contributed by atoms with van der Waals surface area (Å²) in [7, 11) is 0. The van der Waals surface area contributed by atoms with Gasteiger partial charge < -0.3 is 15.5 Å². The zero-order valence-electron chi connectivity index (χ0n) is 15.1. The Morgan fingerprint density at radius 2 is 1.80 bits per heavy atom. The summed E-state index contributed by atoms with van der Waals surface area (Å²) in [5.41, 5.74) is 2.36. The van der Waals surface area contributed by atoms with Gasteiger partial charge in [0.05, 0.1) is 0 Å². The molecule has 0 spiro atoms. The topological polar surface area (TPSA) is 61.4 Å². The molecule has 5 nitrogen and oxygen atoms in total. The molecule has 1 aromatic carbocycles. The number of anilines is 1. The number of nitrogens with one attached hydrogen (secondary N) is 2. The summed E-state index contributed by atoms with van der Waals surface area (Å²) < 4.78 is 0. The molecular formula is C20H29N3O2. The van der Waals surface area contributed by atoms with Gasteiger partial charge in [0.25, 0.3) is 0 Å². The molecule has 1 aliphatic carbocycles. The first-order valence-corrected chi connectivity index (χ1v) is 9.53. The van der Waals surface area contributed by atoms with Gasteiger partial charge in [-0.2, -0.15) is 0 Å². The van der Waals surface area contributed by atoms with Gasteiger partial charge in [0.15, 0.2) is 0 Å². The van der Waals surface area contributed by atoms with Crippen LogP contribution in [0.2, 0.25) is 0 Å². The van der Waals surface area contributed by atoms with Crippen LogP contribution in [0.5, 0.6) is 0 Å². The lowest BCUT2D eigenvalue weighted by Gasteiger charge is -2.25. The Balaban J connectivity index is 1.65. The van der Waals surface area contributed by atoms with E-state index >= 15 is 0 Å². The SMILES string of the molecule is CC(=O)NC(C(=O)NCc1ccccc1N1CCCC1)C1CCCC1. The fourth-order valence-corrected chi connectivity index (χ4v) is 4.13. The maximum Gasteiger partial charge on any atom is 0.243 e. The number of carbonyl (C=O) groups is 2. The second-order valence-corrected chi connectivity index (χ2v) is 7.26. The fraction of sp³-hybridized carbons (Fsp3) is 0.600. The van der Waals surface area contributed by atoms with Gasteiger partial charge in [0.1, 0.15) is 6.04 Å². The quantitative estimate of drug-likeness (QED) is 0.835. The number of hydrogen-bond donors (Lipinski definition) is 2. The first kappa shape index (κ1) is 17.8. The van der Waals surface area contributed by atoms with E-state index in [0.717, 1.165) is 44.3 Å². The molecule has 136 valence electrons. The van der Waals surface area contributed by atoms with Crippen molar-refractivity contribution in [1.82, 2.24) is 10.6 Å². The van der Waals surface area contributed by atoms with E-state index < -0.39 is 6.04 Å². The molecular weight excluding hydrogens is 314 g/mol. The van der Waals surface area contributed by atoms with Crippen LogP contribution in [0.25, 0.3) is 0 Å². The molecule has 1 aromatic rings. The summed E-state index contributed by atoms with van der Waals surface area (Å²) in [5, 5.41) is 5.93. The van der Waals surface area contributed by atoms with Crippen molar-refractivity contribution in [2.24, 2.45) is 5.92 Å². The van der Waals surface area contributed by atoms with Crippen molar-refractivity contribution in [1.29, 1.82) is 0 Å². The van der Waals surface area contributed by atoms with Gasteiger partial charge in [-0.1, -0.05) is 31.0 Å². The van der Waals surface area contributed by atoms with Crippen LogP contribution in [0.1, 0.15) is 51.0 Å². The molecule has 5 heteroatoms. The number of benzene rings is 1.